The molecule has 0 aromatic carbocycles. The molecule has 0 amide bonds. The van der Waals surface area contributed by atoms with Gasteiger partial charge in [-0.15, -0.1) is 13.2 Å². The highest BCUT2D eigenvalue weighted by Crippen LogP contribution is 2.60. The van der Waals surface area contributed by atoms with Gasteiger partial charge in [-0.2, -0.15) is 14.0 Å². The third kappa shape index (κ3) is 6.35. The molecule has 1 aliphatic heterocycles. The number of rotatable bonds is 12. The minimum Gasteiger partial charge on any atom is -0.390 e. The SMILES string of the molecule is C=CCS(CC=C)(CC1(O)CCC(O)C(OC)C1C1(C)OC1CC=C(C)C)O[Cl+3]([O-])([O-])[O-]. The van der Waals surface area contributed by atoms with E-state index in [0.29, 0.717) is 6.42 Å². The molecule has 0 aromatic heterocycles. The average Bonchev–Trinajstić information content (AvgIpc) is 3.31. The number of hydrogen-bond donors (Lipinski definition) is 2. The molecule has 2 rings (SSSR count). The lowest BCUT2D eigenvalue weighted by Crippen LogP contribution is -2.64. The van der Waals surface area contributed by atoms with Crippen LogP contribution in [0.1, 0.15) is 40.0 Å². The second-order valence-corrected chi connectivity index (χ2v) is 13.3. The Morgan fingerprint density at radius 2 is 1.84 bits per heavy atom. The van der Waals surface area contributed by atoms with Gasteiger partial charge in [0.2, 0.25) is 0 Å². The first-order valence-corrected chi connectivity index (χ1v) is 13.9. The van der Waals surface area contributed by atoms with E-state index in [0.717, 1.165) is 5.57 Å². The highest BCUT2D eigenvalue weighted by Gasteiger charge is 2.68. The molecule has 2 fully saturated rings. The van der Waals surface area contributed by atoms with Crippen molar-refractivity contribution in [2.45, 2.75) is 69.5 Å². The van der Waals surface area contributed by atoms with Crippen LogP contribution in [-0.2, 0) is 13.2 Å². The van der Waals surface area contributed by atoms with E-state index in [1.54, 1.807) is 0 Å². The van der Waals surface area contributed by atoms with Crippen LogP contribution < -0.4 is 14.0 Å². The summed E-state index contributed by atoms with van der Waals surface area (Å²) in [6.07, 6.45) is 4.33. The zero-order valence-corrected chi connectivity index (χ0v) is 20.9. The van der Waals surface area contributed by atoms with Gasteiger partial charge < -0.3 is 19.7 Å². The van der Waals surface area contributed by atoms with Crippen LogP contribution in [0.3, 0.4) is 0 Å². The molecule has 6 atom stereocenters. The Bertz CT molecular complexity index is 697. The summed E-state index contributed by atoms with van der Waals surface area (Å²) in [5, 5.41) is 22.6. The lowest BCUT2D eigenvalue weighted by Gasteiger charge is -2.50. The first-order chi connectivity index (χ1) is 14.8. The van der Waals surface area contributed by atoms with Gasteiger partial charge in [-0.25, -0.2) is 0 Å². The Morgan fingerprint density at radius 3 is 2.31 bits per heavy atom. The van der Waals surface area contributed by atoms with E-state index in [2.05, 4.69) is 13.2 Å². The van der Waals surface area contributed by atoms with E-state index in [-0.39, 0.29) is 36.2 Å². The van der Waals surface area contributed by atoms with E-state index in [1.165, 1.54) is 19.3 Å². The summed E-state index contributed by atoms with van der Waals surface area (Å²) in [5.74, 6) is -0.614. The van der Waals surface area contributed by atoms with Crippen molar-refractivity contribution in [2.75, 3.05) is 24.4 Å². The van der Waals surface area contributed by atoms with Crippen LogP contribution >= 0.6 is 10.3 Å². The van der Waals surface area contributed by atoms with Gasteiger partial charge in [-0.05, 0) is 40.0 Å². The van der Waals surface area contributed by atoms with Crippen LogP contribution in [0.2, 0.25) is 0 Å². The van der Waals surface area contributed by atoms with Crippen molar-refractivity contribution in [3.05, 3.63) is 37.0 Å². The number of hydrogen-bond acceptors (Lipinski definition) is 8. The van der Waals surface area contributed by atoms with E-state index < -0.39 is 49.9 Å². The maximum Gasteiger partial charge on any atom is 0.122 e. The highest BCUT2D eigenvalue weighted by molar-refractivity contribution is 8.30. The Labute approximate surface area is 194 Å². The summed E-state index contributed by atoms with van der Waals surface area (Å²) in [7, 11) is -5.94. The predicted molar refractivity (Wildman–Crippen MR) is 115 cm³/mol. The van der Waals surface area contributed by atoms with Gasteiger partial charge in [-0.3, -0.25) is 0 Å². The Kier molecular flexibility index (Phi) is 9.06. The second kappa shape index (κ2) is 10.4. The lowest BCUT2D eigenvalue weighted by atomic mass is 9.66. The molecular formula is C22H37ClO8S. The van der Waals surface area contributed by atoms with Crippen molar-refractivity contribution < 1.29 is 47.6 Å². The zero-order chi connectivity index (χ0) is 24.4. The molecule has 2 N–H and O–H groups in total. The minimum absolute atomic E-state index is 0.0848. The van der Waals surface area contributed by atoms with Gasteiger partial charge >= 0.3 is 0 Å². The van der Waals surface area contributed by atoms with E-state index >= 15 is 0 Å². The van der Waals surface area contributed by atoms with Gasteiger partial charge in [0.05, 0.1) is 34.2 Å². The summed E-state index contributed by atoms with van der Waals surface area (Å²) in [6.45, 7) is 13.2. The topological polar surface area (TPSA) is 141 Å². The molecule has 2 aliphatic rings. The Hall–Kier alpha value is -0.460. The predicted octanol–water partition coefficient (Wildman–Crippen LogP) is 0.0227. The Morgan fingerprint density at radius 1 is 1.25 bits per heavy atom. The number of aliphatic hydroxyl groups excluding tert-OH is 1. The van der Waals surface area contributed by atoms with Crippen molar-refractivity contribution in [1.82, 2.24) is 0 Å². The molecule has 1 aliphatic carbocycles. The van der Waals surface area contributed by atoms with Crippen LogP contribution in [0.25, 0.3) is 0 Å². The summed E-state index contributed by atoms with van der Waals surface area (Å²) >= 11 is 0. The average molecular weight is 497 g/mol. The lowest BCUT2D eigenvalue weighted by molar-refractivity contribution is -1.91. The number of aliphatic hydroxyl groups is 2. The molecule has 1 saturated carbocycles. The third-order valence-corrected chi connectivity index (χ3v) is 10.7. The van der Waals surface area contributed by atoms with Crippen LogP contribution in [-0.4, -0.2) is 64.1 Å². The molecule has 8 nitrogen and oxygen atoms in total. The number of epoxide rings is 1. The first-order valence-electron chi connectivity index (χ1n) is 10.6. The molecule has 0 spiro atoms. The van der Waals surface area contributed by atoms with Crippen molar-refractivity contribution in [2.24, 2.45) is 5.92 Å². The first kappa shape index (κ1) is 27.8. The monoisotopic (exact) mass is 496 g/mol. The molecular weight excluding hydrogens is 460 g/mol. The fourth-order valence-electron chi connectivity index (χ4n) is 5.04. The van der Waals surface area contributed by atoms with Gasteiger partial charge in [0.15, 0.2) is 0 Å². The van der Waals surface area contributed by atoms with Crippen LogP contribution in [0.15, 0.2) is 37.0 Å². The molecule has 1 saturated heterocycles. The summed E-state index contributed by atoms with van der Waals surface area (Å²) in [6, 6.07) is 0. The van der Waals surface area contributed by atoms with E-state index in [4.69, 9.17) is 13.2 Å². The normalized spacial score (nSPS) is 35.8. The molecule has 1 heterocycles. The van der Waals surface area contributed by atoms with Crippen LogP contribution in [0, 0.1) is 16.2 Å². The summed E-state index contributed by atoms with van der Waals surface area (Å²) in [5.41, 5.74) is -1.17. The van der Waals surface area contributed by atoms with E-state index in [1.807, 2.05) is 26.8 Å². The number of allylic oxidation sites excluding steroid dienone is 1. The van der Waals surface area contributed by atoms with E-state index in [9.17, 15) is 24.2 Å². The number of ether oxygens (including phenoxy) is 2. The molecule has 0 bridgehead atoms. The fraction of sp³-hybridized carbons (Fsp3) is 0.727. The van der Waals surface area contributed by atoms with Crippen molar-refractivity contribution >= 4 is 10.3 Å². The number of methoxy groups -OCH3 is 1. The molecule has 10 heteroatoms. The van der Waals surface area contributed by atoms with Gasteiger partial charge in [0.25, 0.3) is 0 Å². The smallest absolute Gasteiger partial charge is 0.122 e. The third-order valence-electron chi connectivity index (χ3n) is 6.33. The molecule has 32 heavy (non-hydrogen) atoms. The second-order valence-electron chi connectivity index (χ2n) is 9.16. The van der Waals surface area contributed by atoms with Crippen molar-refractivity contribution in [3.63, 3.8) is 0 Å². The van der Waals surface area contributed by atoms with Crippen LogP contribution in [0.5, 0.6) is 0 Å². The molecule has 0 aromatic rings. The quantitative estimate of drug-likeness (QED) is 0.284. The van der Waals surface area contributed by atoms with Gasteiger partial charge in [0, 0.05) is 40.6 Å². The highest BCUT2D eigenvalue weighted by atomic mass is 35.7. The Balaban J connectivity index is 2.47. The molecule has 0 radical (unpaired) electrons. The minimum atomic E-state index is -4.73. The number of halogens is 1. The standard InChI is InChI=1S/C22H37ClO8S/c1-7-13-32(14-8-2,31-23(26,27)28)15-22(25)12-11-17(24)19(29-6)20(22)21(5)18(30-21)10-9-16(3)4/h7-9,17-20,24-25H,1-2,10-15H2,3-6H3. The molecule has 186 valence electrons. The van der Waals surface area contributed by atoms with Crippen LogP contribution in [0.4, 0.5) is 0 Å². The van der Waals surface area contributed by atoms with Gasteiger partial charge in [0.1, 0.15) is 9.34 Å². The fourth-order valence-corrected chi connectivity index (χ4v) is 9.40. The summed E-state index contributed by atoms with van der Waals surface area (Å²) < 4.78 is 51.5. The maximum absolute atomic E-state index is 12.0. The van der Waals surface area contributed by atoms with Crippen molar-refractivity contribution in [1.29, 1.82) is 0 Å². The maximum atomic E-state index is 12.0. The largest absolute Gasteiger partial charge is 0.390 e. The zero-order valence-electron chi connectivity index (χ0n) is 19.3. The van der Waals surface area contributed by atoms with Gasteiger partial charge in [-0.1, -0.05) is 23.8 Å². The molecule has 6 unspecified atom stereocenters. The van der Waals surface area contributed by atoms with Crippen molar-refractivity contribution in [3.8, 4) is 0 Å². The summed E-state index contributed by atoms with van der Waals surface area (Å²) in [4.78, 5) is 0.